The number of hydrogen-bond acceptors (Lipinski definition) is 6. The number of halogens is 2. The molecule has 0 bridgehead atoms. The third-order valence-electron chi connectivity index (χ3n) is 4.60. The zero-order valence-electron chi connectivity index (χ0n) is 16.7. The molecule has 0 fully saturated rings. The van der Waals surface area contributed by atoms with Crippen LogP contribution in [0.25, 0.3) is 22.4 Å². The fraction of sp³-hybridized carbons (Fsp3) is 0.227. The molecule has 2 aromatic carbocycles. The molecule has 0 unspecified atom stereocenters. The summed E-state index contributed by atoms with van der Waals surface area (Å²) in [6.07, 6.45) is 2.24. The minimum atomic E-state index is -0.319. The molecule has 0 amide bonds. The lowest BCUT2D eigenvalue weighted by molar-refractivity contribution is 0.189. The van der Waals surface area contributed by atoms with Crippen LogP contribution in [-0.2, 0) is 17.0 Å². The van der Waals surface area contributed by atoms with Crippen LogP contribution in [0.3, 0.4) is 0 Å². The van der Waals surface area contributed by atoms with Crippen LogP contribution in [0.15, 0.2) is 63.1 Å². The number of thioether (sulfide) groups is 1. The van der Waals surface area contributed by atoms with Crippen molar-refractivity contribution in [3.63, 3.8) is 0 Å². The van der Waals surface area contributed by atoms with E-state index in [1.54, 1.807) is 48.3 Å². The summed E-state index contributed by atoms with van der Waals surface area (Å²) < 4.78 is 25.4. The van der Waals surface area contributed by atoms with Crippen molar-refractivity contribution >= 4 is 34.3 Å². The zero-order valence-corrected chi connectivity index (χ0v) is 18.3. The summed E-state index contributed by atoms with van der Waals surface area (Å²) in [5.41, 5.74) is 1.81. The van der Waals surface area contributed by atoms with Gasteiger partial charge in [-0.15, -0.1) is 0 Å². The number of fused-ring (bicyclic) bond motifs is 1. The molecule has 0 spiro atoms. The molecule has 160 valence electrons. The largest absolute Gasteiger partial charge is 0.444 e. The number of methoxy groups -OCH3 is 1. The number of rotatable bonds is 8. The Morgan fingerprint density at radius 3 is 2.77 bits per heavy atom. The van der Waals surface area contributed by atoms with Gasteiger partial charge in [-0.05, 0) is 48.9 Å². The molecule has 0 aliphatic carbocycles. The van der Waals surface area contributed by atoms with Crippen molar-refractivity contribution in [1.29, 1.82) is 0 Å². The van der Waals surface area contributed by atoms with E-state index in [9.17, 15) is 9.18 Å². The molecule has 0 saturated heterocycles. The van der Waals surface area contributed by atoms with Gasteiger partial charge in [-0.3, -0.25) is 9.36 Å². The van der Waals surface area contributed by atoms with Gasteiger partial charge in [0.2, 0.25) is 5.89 Å². The standard InChI is InChI=1S/C22H19ClFN3O3S/c1-29-10-2-9-27-21(28)18-8-5-15(23)11-19(18)26-22(27)31-13-17-12-30-20(25-17)14-3-6-16(24)7-4-14/h3-8,11-12H,2,9-10,13H2,1H3. The van der Waals surface area contributed by atoms with E-state index in [1.807, 2.05) is 0 Å². The summed E-state index contributed by atoms with van der Waals surface area (Å²) in [6.45, 7) is 1.03. The number of ether oxygens (including phenoxy) is 1. The molecule has 4 aromatic rings. The molecule has 31 heavy (non-hydrogen) atoms. The average Bonchev–Trinajstić information content (AvgIpc) is 3.23. The third-order valence-corrected chi connectivity index (χ3v) is 5.85. The van der Waals surface area contributed by atoms with Crippen molar-refractivity contribution in [1.82, 2.24) is 14.5 Å². The Bertz CT molecular complexity index is 1260. The highest BCUT2D eigenvalue weighted by Crippen LogP contribution is 2.25. The normalized spacial score (nSPS) is 11.3. The molecule has 0 N–H and O–H groups in total. The van der Waals surface area contributed by atoms with Crippen LogP contribution in [0.4, 0.5) is 4.39 Å². The van der Waals surface area contributed by atoms with E-state index in [4.69, 9.17) is 20.8 Å². The van der Waals surface area contributed by atoms with Gasteiger partial charge < -0.3 is 9.15 Å². The molecule has 0 aliphatic rings. The van der Waals surface area contributed by atoms with Gasteiger partial charge in [-0.2, -0.15) is 0 Å². The van der Waals surface area contributed by atoms with E-state index in [0.717, 1.165) is 0 Å². The Morgan fingerprint density at radius 1 is 1.19 bits per heavy atom. The van der Waals surface area contributed by atoms with Gasteiger partial charge in [-0.1, -0.05) is 23.4 Å². The first-order chi connectivity index (χ1) is 15.0. The molecule has 0 aliphatic heterocycles. The second kappa shape index (κ2) is 9.64. The van der Waals surface area contributed by atoms with Crippen LogP contribution in [-0.4, -0.2) is 28.3 Å². The average molecular weight is 460 g/mol. The molecule has 9 heteroatoms. The Morgan fingerprint density at radius 2 is 2.00 bits per heavy atom. The maximum Gasteiger partial charge on any atom is 0.262 e. The Balaban J connectivity index is 1.60. The van der Waals surface area contributed by atoms with Crippen LogP contribution in [0.2, 0.25) is 5.02 Å². The van der Waals surface area contributed by atoms with E-state index in [1.165, 1.54) is 23.9 Å². The lowest BCUT2D eigenvalue weighted by Gasteiger charge is -2.12. The van der Waals surface area contributed by atoms with Crippen molar-refractivity contribution in [3.05, 3.63) is 75.6 Å². The SMILES string of the molecule is COCCCn1c(SCc2coc(-c3ccc(F)cc3)n2)nc2cc(Cl)ccc2c1=O. The smallest absolute Gasteiger partial charge is 0.262 e. The van der Waals surface area contributed by atoms with Crippen molar-refractivity contribution in [2.24, 2.45) is 0 Å². The highest BCUT2D eigenvalue weighted by molar-refractivity contribution is 7.98. The predicted octanol–water partition coefficient (Wildman–Crippen LogP) is 5.17. The first-order valence-corrected chi connectivity index (χ1v) is 10.9. The third kappa shape index (κ3) is 4.98. The molecular weight excluding hydrogens is 441 g/mol. The fourth-order valence-electron chi connectivity index (χ4n) is 3.09. The van der Waals surface area contributed by atoms with Crippen molar-refractivity contribution in [3.8, 4) is 11.5 Å². The maximum absolute atomic E-state index is 13.1. The molecule has 4 rings (SSSR count). The summed E-state index contributed by atoms with van der Waals surface area (Å²) in [5, 5.41) is 1.61. The van der Waals surface area contributed by atoms with Gasteiger partial charge in [-0.25, -0.2) is 14.4 Å². The maximum atomic E-state index is 13.1. The fourth-order valence-corrected chi connectivity index (χ4v) is 4.15. The Labute approximate surface area is 187 Å². The highest BCUT2D eigenvalue weighted by Gasteiger charge is 2.14. The van der Waals surface area contributed by atoms with Crippen LogP contribution in [0.5, 0.6) is 0 Å². The topological polar surface area (TPSA) is 70.2 Å². The molecule has 0 atom stereocenters. The van der Waals surface area contributed by atoms with Gasteiger partial charge in [0.15, 0.2) is 5.16 Å². The van der Waals surface area contributed by atoms with Crippen molar-refractivity contribution in [2.45, 2.75) is 23.9 Å². The molecule has 0 radical (unpaired) electrons. The van der Waals surface area contributed by atoms with Gasteiger partial charge >= 0.3 is 0 Å². The Hall–Kier alpha value is -2.68. The van der Waals surface area contributed by atoms with Crippen LogP contribution in [0.1, 0.15) is 12.1 Å². The zero-order chi connectivity index (χ0) is 21.8. The Kier molecular flexibility index (Phi) is 6.70. The van der Waals surface area contributed by atoms with E-state index in [0.29, 0.717) is 63.6 Å². The lowest BCUT2D eigenvalue weighted by Crippen LogP contribution is -2.24. The molecule has 6 nitrogen and oxygen atoms in total. The first-order valence-electron chi connectivity index (χ1n) is 9.57. The molecule has 0 saturated carbocycles. The van der Waals surface area contributed by atoms with Gasteiger partial charge in [0, 0.05) is 36.6 Å². The van der Waals surface area contributed by atoms with Crippen molar-refractivity contribution < 1.29 is 13.5 Å². The van der Waals surface area contributed by atoms with Gasteiger partial charge in [0.05, 0.1) is 16.6 Å². The summed E-state index contributed by atoms with van der Waals surface area (Å²) in [6, 6.07) is 11.0. The second-order valence-electron chi connectivity index (χ2n) is 6.80. The highest BCUT2D eigenvalue weighted by atomic mass is 35.5. The summed E-state index contributed by atoms with van der Waals surface area (Å²) >= 11 is 7.48. The van der Waals surface area contributed by atoms with Crippen LogP contribution < -0.4 is 5.56 Å². The number of nitrogens with zero attached hydrogens (tertiary/aromatic N) is 3. The molecule has 2 heterocycles. The van der Waals surface area contributed by atoms with Gasteiger partial charge in [0.25, 0.3) is 5.56 Å². The number of oxazole rings is 1. The quantitative estimate of drug-likeness (QED) is 0.205. The van der Waals surface area contributed by atoms with Crippen molar-refractivity contribution in [2.75, 3.05) is 13.7 Å². The predicted molar refractivity (Wildman–Crippen MR) is 119 cm³/mol. The van der Waals surface area contributed by atoms with Crippen LogP contribution in [0, 0.1) is 5.82 Å². The van der Waals surface area contributed by atoms with Crippen LogP contribution >= 0.6 is 23.4 Å². The number of aromatic nitrogens is 3. The summed E-state index contributed by atoms with van der Waals surface area (Å²) in [4.78, 5) is 22.2. The lowest BCUT2D eigenvalue weighted by atomic mass is 10.2. The van der Waals surface area contributed by atoms with E-state index in [2.05, 4.69) is 9.97 Å². The monoisotopic (exact) mass is 459 g/mol. The molecular formula is C22H19ClFN3O3S. The summed E-state index contributed by atoms with van der Waals surface area (Å²) in [5.74, 6) is 0.541. The minimum Gasteiger partial charge on any atom is -0.444 e. The summed E-state index contributed by atoms with van der Waals surface area (Å²) in [7, 11) is 1.63. The molecule has 2 aromatic heterocycles. The first kappa shape index (κ1) is 21.5. The van der Waals surface area contributed by atoms with Gasteiger partial charge in [0.1, 0.15) is 12.1 Å². The minimum absolute atomic E-state index is 0.118. The van der Waals surface area contributed by atoms with E-state index in [-0.39, 0.29) is 11.4 Å². The second-order valence-corrected chi connectivity index (χ2v) is 8.18. The van der Waals surface area contributed by atoms with E-state index >= 15 is 0 Å². The number of benzene rings is 2. The van der Waals surface area contributed by atoms with E-state index < -0.39 is 0 Å². The number of hydrogen-bond donors (Lipinski definition) is 0.